The van der Waals surface area contributed by atoms with Gasteiger partial charge < -0.3 is 14.9 Å². The number of hydrogen-bond acceptors (Lipinski definition) is 4. The molecule has 2 rings (SSSR count). The molecule has 0 amide bonds. The van der Waals surface area contributed by atoms with Crippen molar-refractivity contribution in [2.75, 3.05) is 7.11 Å². The molecule has 1 aromatic rings. The Labute approximate surface area is 93.1 Å². The van der Waals surface area contributed by atoms with Crippen LogP contribution in [0.15, 0.2) is 5.16 Å². The van der Waals surface area contributed by atoms with Gasteiger partial charge in [-0.1, -0.05) is 5.16 Å². The van der Waals surface area contributed by atoms with Crippen molar-refractivity contribution >= 4 is 11.7 Å². The lowest BCUT2D eigenvalue weighted by atomic mass is 9.93. The van der Waals surface area contributed by atoms with Gasteiger partial charge in [0.2, 0.25) is 0 Å². The van der Waals surface area contributed by atoms with Crippen molar-refractivity contribution in [2.24, 2.45) is 5.16 Å². The zero-order valence-electron chi connectivity index (χ0n) is 9.33. The van der Waals surface area contributed by atoms with Crippen molar-refractivity contribution < 1.29 is 14.7 Å². The summed E-state index contributed by atoms with van der Waals surface area (Å²) in [4.78, 5) is 14.5. The molecule has 0 atom stereocenters. The van der Waals surface area contributed by atoms with E-state index in [1.165, 1.54) is 7.11 Å². The van der Waals surface area contributed by atoms with E-state index in [-0.39, 0.29) is 5.97 Å². The molecule has 1 aliphatic rings. The largest absolute Gasteiger partial charge is 0.464 e. The first-order valence-electron chi connectivity index (χ1n) is 5.20. The average molecular weight is 222 g/mol. The van der Waals surface area contributed by atoms with Crippen molar-refractivity contribution in [3.8, 4) is 0 Å². The van der Waals surface area contributed by atoms with E-state index in [1.54, 1.807) is 0 Å². The second-order valence-electron chi connectivity index (χ2n) is 3.87. The van der Waals surface area contributed by atoms with Crippen LogP contribution in [-0.4, -0.2) is 29.0 Å². The van der Waals surface area contributed by atoms with Crippen LogP contribution in [0.1, 0.15) is 40.2 Å². The summed E-state index contributed by atoms with van der Waals surface area (Å²) in [6.45, 7) is 1.88. The Morgan fingerprint density at radius 1 is 1.50 bits per heavy atom. The fourth-order valence-electron chi connectivity index (χ4n) is 2.16. The first-order valence-corrected chi connectivity index (χ1v) is 5.20. The van der Waals surface area contributed by atoms with Gasteiger partial charge in [0, 0.05) is 0 Å². The fourth-order valence-corrected chi connectivity index (χ4v) is 2.16. The molecule has 0 spiro atoms. The molecular weight excluding hydrogens is 208 g/mol. The summed E-state index contributed by atoms with van der Waals surface area (Å²) in [7, 11) is 1.35. The third-order valence-corrected chi connectivity index (χ3v) is 3.02. The van der Waals surface area contributed by atoms with Gasteiger partial charge in [0.1, 0.15) is 11.4 Å². The number of aromatic amines is 1. The van der Waals surface area contributed by atoms with Gasteiger partial charge in [0.05, 0.1) is 12.8 Å². The maximum Gasteiger partial charge on any atom is 0.354 e. The minimum absolute atomic E-state index is 0.385. The van der Waals surface area contributed by atoms with Gasteiger partial charge in [-0.2, -0.15) is 0 Å². The number of nitrogens with one attached hydrogen (secondary N) is 1. The molecule has 0 radical (unpaired) electrons. The number of aromatic nitrogens is 1. The number of carbonyl (C=O) groups is 1. The molecule has 2 N–H and O–H groups in total. The molecule has 5 heteroatoms. The van der Waals surface area contributed by atoms with Crippen LogP contribution in [0.5, 0.6) is 0 Å². The quantitative estimate of drug-likeness (QED) is 0.431. The van der Waals surface area contributed by atoms with Crippen molar-refractivity contribution in [3.63, 3.8) is 0 Å². The smallest absolute Gasteiger partial charge is 0.354 e. The lowest BCUT2D eigenvalue weighted by Gasteiger charge is -2.12. The number of carbonyl (C=O) groups excluding carboxylic acids is 1. The number of rotatable bonds is 1. The molecule has 0 bridgehead atoms. The van der Waals surface area contributed by atoms with Gasteiger partial charge >= 0.3 is 5.97 Å². The van der Waals surface area contributed by atoms with Crippen LogP contribution in [0.4, 0.5) is 0 Å². The number of hydrogen-bond donors (Lipinski definition) is 2. The van der Waals surface area contributed by atoms with Crippen LogP contribution in [-0.2, 0) is 11.2 Å². The predicted molar refractivity (Wildman–Crippen MR) is 58.1 cm³/mol. The monoisotopic (exact) mass is 222 g/mol. The summed E-state index contributed by atoms with van der Waals surface area (Å²) < 4.78 is 4.69. The SMILES string of the molecule is COC(=O)c1[nH]c2c(c1C)CCCC2=NO. The van der Waals surface area contributed by atoms with Crippen molar-refractivity contribution in [3.05, 3.63) is 22.5 Å². The Bertz CT molecular complexity index is 460. The van der Waals surface area contributed by atoms with E-state index in [0.29, 0.717) is 11.4 Å². The Hall–Kier alpha value is -1.78. The van der Waals surface area contributed by atoms with Crippen molar-refractivity contribution in [1.29, 1.82) is 0 Å². The molecule has 0 aliphatic heterocycles. The van der Waals surface area contributed by atoms with Crippen molar-refractivity contribution in [2.45, 2.75) is 26.2 Å². The topological polar surface area (TPSA) is 74.7 Å². The van der Waals surface area contributed by atoms with Gasteiger partial charge in [-0.3, -0.25) is 0 Å². The van der Waals surface area contributed by atoms with Crippen LogP contribution in [0.3, 0.4) is 0 Å². The summed E-state index contributed by atoms with van der Waals surface area (Å²) in [5.41, 5.74) is 3.78. The molecule has 0 fully saturated rings. The molecule has 86 valence electrons. The molecule has 1 aromatic heterocycles. The summed E-state index contributed by atoms with van der Waals surface area (Å²) in [6, 6.07) is 0. The lowest BCUT2D eigenvalue weighted by molar-refractivity contribution is 0.0594. The van der Waals surface area contributed by atoms with Gasteiger partial charge in [-0.15, -0.1) is 0 Å². The van der Waals surface area contributed by atoms with E-state index in [4.69, 9.17) is 9.94 Å². The second kappa shape index (κ2) is 4.00. The number of methoxy groups -OCH3 is 1. The Balaban J connectivity index is 2.54. The molecule has 1 heterocycles. The van der Waals surface area contributed by atoms with Crippen molar-refractivity contribution in [1.82, 2.24) is 4.98 Å². The summed E-state index contributed by atoms with van der Waals surface area (Å²) in [5.74, 6) is -0.385. The van der Waals surface area contributed by atoms with E-state index < -0.39 is 0 Å². The van der Waals surface area contributed by atoms with Gasteiger partial charge in [-0.05, 0) is 37.3 Å². The Morgan fingerprint density at radius 3 is 2.88 bits per heavy atom. The number of nitrogens with zero attached hydrogens (tertiary/aromatic N) is 1. The summed E-state index contributed by atoms with van der Waals surface area (Å²) in [5, 5.41) is 12.1. The predicted octanol–water partition coefficient (Wildman–Crippen LogP) is 1.62. The zero-order valence-corrected chi connectivity index (χ0v) is 9.33. The minimum Gasteiger partial charge on any atom is -0.464 e. The highest BCUT2D eigenvalue weighted by atomic mass is 16.5. The third kappa shape index (κ3) is 1.48. The van der Waals surface area contributed by atoms with Crippen LogP contribution >= 0.6 is 0 Å². The number of oxime groups is 1. The number of ether oxygens (including phenoxy) is 1. The van der Waals surface area contributed by atoms with Crippen LogP contribution in [0, 0.1) is 6.92 Å². The van der Waals surface area contributed by atoms with Gasteiger partial charge in [-0.25, -0.2) is 4.79 Å². The average Bonchev–Trinajstić information content (AvgIpc) is 2.66. The molecule has 1 aliphatic carbocycles. The maximum absolute atomic E-state index is 11.5. The molecule has 0 unspecified atom stereocenters. The molecule has 0 aromatic carbocycles. The van der Waals surface area contributed by atoms with Crippen LogP contribution in [0.25, 0.3) is 0 Å². The molecule has 0 saturated carbocycles. The first kappa shape index (κ1) is 10.7. The Kier molecular flexibility index (Phi) is 2.68. The Morgan fingerprint density at radius 2 is 2.25 bits per heavy atom. The number of H-pyrrole nitrogens is 1. The van der Waals surface area contributed by atoms with E-state index in [9.17, 15) is 4.79 Å². The summed E-state index contributed by atoms with van der Waals surface area (Å²) in [6.07, 6.45) is 2.56. The van der Waals surface area contributed by atoms with E-state index in [2.05, 4.69) is 10.1 Å². The fraction of sp³-hybridized carbons (Fsp3) is 0.455. The van der Waals surface area contributed by atoms with E-state index in [0.717, 1.165) is 36.1 Å². The van der Waals surface area contributed by atoms with Gasteiger partial charge in [0.25, 0.3) is 0 Å². The maximum atomic E-state index is 11.5. The molecular formula is C11H14N2O3. The standard InChI is InChI=1S/C11H14N2O3/c1-6-7-4-3-5-8(13-15)10(7)12-9(6)11(14)16-2/h12,15H,3-5H2,1-2H3. The highest BCUT2D eigenvalue weighted by Crippen LogP contribution is 2.27. The summed E-state index contributed by atoms with van der Waals surface area (Å²) >= 11 is 0. The third-order valence-electron chi connectivity index (χ3n) is 3.02. The second-order valence-corrected chi connectivity index (χ2v) is 3.87. The molecule has 5 nitrogen and oxygen atoms in total. The number of fused-ring (bicyclic) bond motifs is 1. The van der Waals surface area contributed by atoms with Gasteiger partial charge in [0.15, 0.2) is 0 Å². The molecule has 16 heavy (non-hydrogen) atoms. The normalized spacial score (nSPS) is 17.2. The highest BCUT2D eigenvalue weighted by molar-refractivity contribution is 6.03. The lowest BCUT2D eigenvalue weighted by Crippen LogP contribution is -2.11. The van der Waals surface area contributed by atoms with Crippen LogP contribution < -0.4 is 0 Å². The minimum atomic E-state index is -0.385. The number of esters is 1. The molecule has 0 saturated heterocycles. The van der Waals surface area contributed by atoms with Crippen LogP contribution in [0.2, 0.25) is 0 Å². The first-order chi connectivity index (χ1) is 7.69. The highest BCUT2D eigenvalue weighted by Gasteiger charge is 2.25. The zero-order chi connectivity index (χ0) is 11.7. The van der Waals surface area contributed by atoms with E-state index in [1.807, 2.05) is 6.92 Å². The van der Waals surface area contributed by atoms with E-state index >= 15 is 0 Å².